The highest BCUT2D eigenvalue weighted by atomic mass is 16.2. The molecule has 6 heteroatoms. The van der Waals surface area contributed by atoms with Gasteiger partial charge in [0.05, 0.1) is 0 Å². The number of carbonyl (C=O) groups excluding carboxylic acids is 2. The van der Waals surface area contributed by atoms with Gasteiger partial charge in [0.25, 0.3) is 5.91 Å². The van der Waals surface area contributed by atoms with Crippen molar-refractivity contribution < 1.29 is 9.59 Å². The molecule has 1 heterocycles. The summed E-state index contributed by atoms with van der Waals surface area (Å²) in [6, 6.07) is 14.4. The molecule has 0 spiro atoms. The predicted molar refractivity (Wildman–Crippen MR) is 106 cm³/mol. The zero-order chi connectivity index (χ0) is 19.4. The molecule has 27 heavy (non-hydrogen) atoms. The van der Waals surface area contributed by atoms with E-state index in [4.69, 9.17) is 0 Å². The summed E-state index contributed by atoms with van der Waals surface area (Å²) in [5.74, 6) is 0.00294. The van der Waals surface area contributed by atoms with Gasteiger partial charge in [-0.2, -0.15) is 0 Å². The Morgan fingerprint density at radius 2 is 1.70 bits per heavy atom. The summed E-state index contributed by atoms with van der Waals surface area (Å²) in [6.45, 7) is 5.43. The molecule has 0 saturated heterocycles. The molecule has 0 bridgehead atoms. The van der Waals surface area contributed by atoms with Crippen molar-refractivity contribution in [3.8, 4) is 0 Å². The minimum atomic E-state index is -0.305. The first-order valence-electron chi connectivity index (χ1n) is 8.52. The van der Waals surface area contributed by atoms with Gasteiger partial charge in [-0.1, -0.05) is 12.1 Å². The summed E-state index contributed by atoms with van der Waals surface area (Å²) < 4.78 is 0. The second-order valence-corrected chi connectivity index (χ2v) is 6.30. The average molecular weight is 360 g/mol. The highest BCUT2D eigenvalue weighted by Gasteiger charge is 2.11. The monoisotopic (exact) mass is 360 g/mol. The Morgan fingerprint density at radius 1 is 0.963 bits per heavy atom. The lowest BCUT2D eigenvalue weighted by molar-refractivity contribution is 0.101. The number of ketones is 1. The van der Waals surface area contributed by atoms with Gasteiger partial charge in [0, 0.05) is 23.1 Å². The van der Waals surface area contributed by atoms with Crippen LogP contribution in [0.4, 0.5) is 17.3 Å². The lowest BCUT2D eigenvalue weighted by atomic mass is 10.1. The van der Waals surface area contributed by atoms with Crippen LogP contribution in [0.3, 0.4) is 0 Å². The van der Waals surface area contributed by atoms with Gasteiger partial charge >= 0.3 is 0 Å². The van der Waals surface area contributed by atoms with E-state index < -0.39 is 0 Å². The van der Waals surface area contributed by atoms with E-state index in [1.165, 1.54) is 13.1 Å². The first-order chi connectivity index (χ1) is 12.9. The first kappa shape index (κ1) is 18.3. The van der Waals surface area contributed by atoms with Gasteiger partial charge in [-0.25, -0.2) is 9.97 Å². The van der Waals surface area contributed by atoms with E-state index in [1.807, 2.05) is 32.0 Å². The summed E-state index contributed by atoms with van der Waals surface area (Å²) in [6.07, 6.45) is 1.53. The van der Waals surface area contributed by atoms with Crippen LogP contribution in [-0.2, 0) is 0 Å². The van der Waals surface area contributed by atoms with E-state index >= 15 is 0 Å². The lowest BCUT2D eigenvalue weighted by Gasteiger charge is -2.10. The van der Waals surface area contributed by atoms with Crippen molar-refractivity contribution in [1.29, 1.82) is 0 Å². The lowest BCUT2D eigenvalue weighted by Crippen LogP contribution is -2.15. The van der Waals surface area contributed by atoms with Crippen molar-refractivity contribution in [2.24, 2.45) is 0 Å². The van der Waals surface area contributed by atoms with Crippen LogP contribution in [-0.4, -0.2) is 21.7 Å². The Labute approximate surface area is 157 Å². The van der Waals surface area contributed by atoms with Gasteiger partial charge in [0.15, 0.2) is 5.78 Å². The van der Waals surface area contributed by atoms with Crippen LogP contribution >= 0.6 is 0 Å². The fraction of sp³-hybridized carbons (Fsp3) is 0.143. The molecular formula is C21H20N4O2. The molecule has 0 saturated carbocycles. The van der Waals surface area contributed by atoms with Gasteiger partial charge in [-0.3, -0.25) is 9.59 Å². The summed E-state index contributed by atoms with van der Waals surface area (Å²) >= 11 is 0. The third-order valence-electron chi connectivity index (χ3n) is 4.08. The maximum absolute atomic E-state index is 12.5. The van der Waals surface area contributed by atoms with E-state index in [9.17, 15) is 9.59 Å². The third-order valence-corrected chi connectivity index (χ3v) is 4.08. The summed E-state index contributed by atoms with van der Waals surface area (Å²) in [4.78, 5) is 32.3. The van der Waals surface area contributed by atoms with Crippen LogP contribution in [0.1, 0.15) is 38.9 Å². The molecule has 0 aliphatic heterocycles. The van der Waals surface area contributed by atoms with E-state index in [0.717, 1.165) is 22.5 Å². The smallest absolute Gasteiger partial charge is 0.274 e. The second kappa shape index (κ2) is 7.78. The van der Waals surface area contributed by atoms with Gasteiger partial charge in [0.2, 0.25) is 5.95 Å². The van der Waals surface area contributed by atoms with Crippen LogP contribution in [0, 0.1) is 13.8 Å². The Balaban J connectivity index is 1.75. The molecule has 3 rings (SSSR count). The van der Waals surface area contributed by atoms with Gasteiger partial charge in [-0.15, -0.1) is 0 Å². The largest absolute Gasteiger partial charge is 0.324 e. The average Bonchev–Trinajstić information content (AvgIpc) is 2.65. The molecular weight excluding hydrogens is 340 g/mol. The van der Waals surface area contributed by atoms with Gasteiger partial charge in [-0.05, 0) is 68.3 Å². The van der Waals surface area contributed by atoms with Crippen LogP contribution < -0.4 is 10.6 Å². The number of rotatable bonds is 5. The number of benzene rings is 2. The van der Waals surface area contributed by atoms with E-state index in [-0.39, 0.29) is 17.4 Å². The fourth-order valence-electron chi connectivity index (χ4n) is 2.52. The number of Topliss-reactive ketones (excluding diaryl/α,β-unsaturated/α-hetero) is 1. The summed E-state index contributed by atoms with van der Waals surface area (Å²) in [7, 11) is 0. The topological polar surface area (TPSA) is 84.0 Å². The van der Waals surface area contributed by atoms with E-state index in [1.54, 1.807) is 30.3 Å². The Bertz CT molecular complexity index is 997. The number of carbonyl (C=O) groups is 2. The second-order valence-electron chi connectivity index (χ2n) is 6.30. The fourth-order valence-corrected chi connectivity index (χ4v) is 2.52. The number of amides is 1. The van der Waals surface area contributed by atoms with Crippen molar-refractivity contribution >= 4 is 29.0 Å². The van der Waals surface area contributed by atoms with E-state index in [0.29, 0.717) is 11.5 Å². The van der Waals surface area contributed by atoms with Crippen molar-refractivity contribution in [3.63, 3.8) is 0 Å². The molecule has 0 aliphatic rings. The van der Waals surface area contributed by atoms with Crippen LogP contribution in [0.25, 0.3) is 0 Å². The quantitative estimate of drug-likeness (QED) is 0.663. The predicted octanol–water partition coefficient (Wildman–Crippen LogP) is 4.29. The zero-order valence-corrected chi connectivity index (χ0v) is 15.4. The molecule has 2 N–H and O–H groups in total. The number of nitrogens with one attached hydrogen (secondary N) is 2. The number of hydrogen-bond donors (Lipinski definition) is 2. The molecule has 1 aromatic heterocycles. The minimum absolute atomic E-state index is 0.00269. The Kier molecular flexibility index (Phi) is 5.26. The SMILES string of the molecule is CC(=O)c1ccc(Nc2nccc(C(=O)Nc3cc(C)ccc3C)n2)cc1. The van der Waals surface area contributed by atoms with Crippen LogP contribution in [0.2, 0.25) is 0 Å². The van der Waals surface area contributed by atoms with Crippen molar-refractivity contribution in [2.75, 3.05) is 10.6 Å². The van der Waals surface area contributed by atoms with E-state index in [2.05, 4.69) is 20.6 Å². The standard InChI is InChI=1S/C21H20N4O2/c1-13-4-5-14(2)19(12-13)24-20(27)18-10-11-22-21(25-18)23-17-8-6-16(7-9-17)15(3)26/h4-12H,1-3H3,(H,24,27)(H,22,23,25). The molecule has 2 aromatic carbocycles. The maximum Gasteiger partial charge on any atom is 0.274 e. The zero-order valence-electron chi connectivity index (χ0n) is 15.4. The minimum Gasteiger partial charge on any atom is -0.324 e. The highest BCUT2D eigenvalue weighted by Crippen LogP contribution is 2.18. The number of anilines is 3. The van der Waals surface area contributed by atoms with Crippen molar-refractivity contribution in [2.45, 2.75) is 20.8 Å². The summed E-state index contributed by atoms with van der Waals surface area (Å²) in [5, 5.41) is 5.92. The first-order valence-corrected chi connectivity index (χ1v) is 8.52. The molecule has 6 nitrogen and oxygen atoms in total. The maximum atomic E-state index is 12.5. The van der Waals surface area contributed by atoms with Crippen molar-refractivity contribution in [1.82, 2.24) is 9.97 Å². The molecule has 136 valence electrons. The van der Waals surface area contributed by atoms with Gasteiger partial charge < -0.3 is 10.6 Å². The number of nitrogens with zero attached hydrogens (tertiary/aromatic N) is 2. The van der Waals surface area contributed by atoms with Gasteiger partial charge in [0.1, 0.15) is 5.69 Å². The Hall–Kier alpha value is -3.54. The molecule has 3 aromatic rings. The normalized spacial score (nSPS) is 10.3. The molecule has 0 atom stereocenters. The molecule has 0 radical (unpaired) electrons. The number of hydrogen-bond acceptors (Lipinski definition) is 5. The summed E-state index contributed by atoms with van der Waals surface area (Å²) in [5.41, 5.74) is 4.42. The molecule has 0 unspecified atom stereocenters. The number of aromatic nitrogens is 2. The van der Waals surface area contributed by atoms with Crippen molar-refractivity contribution in [3.05, 3.63) is 77.1 Å². The third kappa shape index (κ3) is 4.55. The highest BCUT2D eigenvalue weighted by molar-refractivity contribution is 6.03. The molecule has 0 fully saturated rings. The Morgan fingerprint density at radius 3 is 2.41 bits per heavy atom. The number of aryl methyl sites for hydroxylation is 2. The molecule has 0 aliphatic carbocycles. The van der Waals surface area contributed by atoms with Crippen LogP contribution in [0.15, 0.2) is 54.7 Å². The van der Waals surface area contributed by atoms with Crippen LogP contribution in [0.5, 0.6) is 0 Å². The molecule has 1 amide bonds.